The number of hydrogen-bond acceptors (Lipinski definition) is 4. The normalized spacial score (nSPS) is 16.2. The molecule has 0 aliphatic heterocycles. The molecule has 106 valence electrons. The van der Waals surface area contributed by atoms with Crippen molar-refractivity contribution in [2.24, 2.45) is 7.05 Å². The molecule has 1 saturated carbocycles. The minimum atomic E-state index is -0.312. The topological polar surface area (TPSA) is 85.0 Å². The second-order valence-electron chi connectivity index (χ2n) is 5.23. The lowest BCUT2D eigenvalue weighted by atomic mass is 10.2. The van der Waals surface area contributed by atoms with Crippen LogP contribution < -0.4 is 16.4 Å². The van der Waals surface area contributed by atoms with Crippen molar-refractivity contribution in [1.82, 2.24) is 15.1 Å². The first-order valence-electron chi connectivity index (χ1n) is 6.91. The van der Waals surface area contributed by atoms with Gasteiger partial charge in [0.2, 0.25) is 5.91 Å². The number of aromatic nitrogens is 2. The molecule has 1 atom stereocenters. The van der Waals surface area contributed by atoms with Gasteiger partial charge < -0.3 is 16.4 Å². The zero-order valence-electron chi connectivity index (χ0n) is 11.9. The Morgan fingerprint density at radius 3 is 2.84 bits per heavy atom. The maximum absolute atomic E-state index is 11.9. The summed E-state index contributed by atoms with van der Waals surface area (Å²) >= 11 is 0. The average Bonchev–Trinajstić information content (AvgIpc) is 3.13. The van der Waals surface area contributed by atoms with E-state index >= 15 is 0 Å². The van der Waals surface area contributed by atoms with Crippen LogP contribution in [0.2, 0.25) is 0 Å². The van der Waals surface area contributed by atoms with Crippen LogP contribution >= 0.6 is 0 Å². The highest BCUT2D eigenvalue weighted by Crippen LogP contribution is 2.24. The van der Waals surface area contributed by atoms with Gasteiger partial charge >= 0.3 is 0 Å². The monoisotopic (exact) mass is 265 g/mol. The van der Waals surface area contributed by atoms with Crippen molar-refractivity contribution in [2.45, 2.75) is 51.6 Å². The molecule has 1 fully saturated rings. The van der Waals surface area contributed by atoms with Crippen LogP contribution in [0.25, 0.3) is 0 Å². The number of amides is 1. The van der Waals surface area contributed by atoms with Crippen LogP contribution in [0.3, 0.4) is 0 Å². The molecule has 0 bridgehead atoms. The number of anilines is 2. The van der Waals surface area contributed by atoms with E-state index in [1.165, 1.54) is 0 Å². The molecular weight excluding hydrogens is 242 g/mol. The predicted molar refractivity (Wildman–Crippen MR) is 75.9 cm³/mol. The maximum atomic E-state index is 11.9. The number of nitrogens with zero attached hydrogens (tertiary/aromatic N) is 2. The van der Waals surface area contributed by atoms with Crippen molar-refractivity contribution in [1.29, 1.82) is 0 Å². The fourth-order valence-electron chi connectivity index (χ4n) is 2.01. The van der Waals surface area contributed by atoms with Gasteiger partial charge in [0, 0.05) is 13.1 Å². The third-order valence-electron chi connectivity index (χ3n) is 3.32. The molecule has 6 heteroatoms. The van der Waals surface area contributed by atoms with E-state index in [1.54, 1.807) is 4.68 Å². The number of nitrogens with one attached hydrogen (secondary N) is 2. The second-order valence-corrected chi connectivity index (χ2v) is 5.23. The van der Waals surface area contributed by atoms with Gasteiger partial charge in [-0.15, -0.1) is 0 Å². The first-order valence-corrected chi connectivity index (χ1v) is 6.91. The first-order chi connectivity index (χ1) is 9.02. The quantitative estimate of drug-likeness (QED) is 0.717. The Hall–Kier alpha value is -1.72. The Morgan fingerprint density at radius 1 is 1.58 bits per heavy atom. The SMILES string of the molecule is CCCc1nn(C)c(NC(C)C(=O)NC2CC2)c1N. The lowest BCUT2D eigenvalue weighted by Gasteiger charge is -2.15. The fourth-order valence-corrected chi connectivity index (χ4v) is 2.01. The van der Waals surface area contributed by atoms with Gasteiger partial charge in [0.15, 0.2) is 0 Å². The van der Waals surface area contributed by atoms with Crippen LogP contribution in [0.1, 0.15) is 38.8 Å². The smallest absolute Gasteiger partial charge is 0.242 e. The predicted octanol–water partition coefficient (Wildman–Crippen LogP) is 1.03. The number of carbonyl (C=O) groups excluding carboxylic acids is 1. The van der Waals surface area contributed by atoms with Crippen LogP contribution in [0.15, 0.2) is 0 Å². The fraction of sp³-hybridized carbons (Fsp3) is 0.692. The molecule has 0 saturated heterocycles. The van der Waals surface area contributed by atoms with E-state index < -0.39 is 0 Å². The largest absolute Gasteiger partial charge is 0.394 e. The Labute approximate surface area is 113 Å². The van der Waals surface area contributed by atoms with Crippen LogP contribution in [-0.4, -0.2) is 27.8 Å². The molecule has 0 radical (unpaired) electrons. The molecule has 0 aromatic carbocycles. The third kappa shape index (κ3) is 3.19. The molecule has 6 nitrogen and oxygen atoms in total. The summed E-state index contributed by atoms with van der Waals surface area (Å²) in [5.74, 6) is 0.738. The molecule has 1 aromatic rings. The molecule has 4 N–H and O–H groups in total. The molecule has 19 heavy (non-hydrogen) atoms. The van der Waals surface area contributed by atoms with Gasteiger partial charge in [-0.2, -0.15) is 5.10 Å². The highest BCUT2D eigenvalue weighted by molar-refractivity contribution is 5.85. The Balaban J connectivity index is 2.02. The molecule has 1 aliphatic carbocycles. The number of hydrogen-bond donors (Lipinski definition) is 3. The Kier molecular flexibility index (Phi) is 3.97. The molecule has 1 aromatic heterocycles. The Bertz CT molecular complexity index is 464. The van der Waals surface area contributed by atoms with Crippen molar-refractivity contribution < 1.29 is 4.79 Å². The van der Waals surface area contributed by atoms with Gasteiger partial charge in [-0.3, -0.25) is 9.48 Å². The summed E-state index contributed by atoms with van der Waals surface area (Å²) in [6.45, 7) is 3.93. The first kappa shape index (κ1) is 13.7. The van der Waals surface area contributed by atoms with E-state index in [0.29, 0.717) is 11.7 Å². The lowest BCUT2D eigenvalue weighted by Crippen LogP contribution is -2.39. The van der Waals surface area contributed by atoms with Crippen LogP contribution in [0.5, 0.6) is 0 Å². The van der Waals surface area contributed by atoms with E-state index in [1.807, 2.05) is 14.0 Å². The molecule has 2 rings (SSSR count). The lowest BCUT2D eigenvalue weighted by molar-refractivity contribution is -0.121. The summed E-state index contributed by atoms with van der Waals surface area (Å²) in [6, 6.07) is 0.0593. The van der Waals surface area contributed by atoms with Crippen molar-refractivity contribution in [3.63, 3.8) is 0 Å². The number of rotatable bonds is 6. The number of nitrogens with two attached hydrogens (primary N) is 1. The molecule has 1 aliphatic rings. The molecule has 1 heterocycles. The zero-order chi connectivity index (χ0) is 14.0. The van der Waals surface area contributed by atoms with Crippen LogP contribution in [-0.2, 0) is 18.3 Å². The summed E-state index contributed by atoms with van der Waals surface area (Å²) in [5.41, 5.74) is 7.61. The van der Waals surface area contributed by atoms with Crippen molar-refractivity contribution in [2.75, 3.05) is 11.1 Å². The third-order valence-corrected chi connectivity index (χ3v) is 3.32. The van der Waals surface area contributed by atoms with Gasteiger partial charge in [0.25, 0.3) is 0 Å². The van der Waals surface area contributed by atoms with Crippen LogP contribution in [0, 0.1) is 0 Å². The molecule has 1 unspecified atom stereocenters. The number of carbonyl (C=O) groups is 1. The summed E-state index contributed by atoms with van der Waals surface area (Å²) in [5, 5.41) is 10.5. The minimum Gasteiger partial charge on any atom is -0.394 e. The van der Waals surface area contributed by atoms with Gasteiger partial charge in [-0.05, 0) is 26.2 Å². The van der Waals surface area contributed by atoms with Crippen molar-refractivity contribution in [3.8, 4) is 0 Å². The van der Waals surface area contributed by atoms with Gasteiger partial charge in [0.05, 0.1) is 11.4 Å². The summed E-state index contributed by atoms with van der Waals surface area (Å²) < 4.78 is 1.71. The Morgan fingerprint density at radius 2 is 2.26 bits per heavy atom. The number of aryl methyl sites for hydroxylation is 2. The van der Waals surface area contributed by atoms with Crippen LogP contribution in [0.4, 0.5) is 11.5 Å². The molecule has 1 amide bonds. The van der Waals surface area contributed by atoms with E-state index in [4.69, 9.17) is 5.73 Å². The minimum absolute atomic E-state index is 0.0140. The van der Waals surface area contributed by atoms with Gasteiger partial charge in [-0.1, -0.05) is 13.3 Å². The summed E-state index contributed by atoms with van der Waals surface area (Å²) in [4.78, 5) is 11.9. The van der Waals surface area contributed by atoms with Gasteiger partial charge in [-0.25, -0.2) is 0 Å². The summed E-state index contributed by atoms with van der Waals surface area (Å²) in [7, 11) is 1.84. The highest BCUT2D eigenvalue weighted by atomic mass is 16.2. The number of nitrogen functional groups attached to an aromatic ring is 1. The van der Waals surface area contributed by atoms with E-state index in [9.17, 15) is 4.79 Å². The standard InChI is InChI=1S/C13H23N5O/c1-4-5-10-11(14)12(18(3)17-10)15-8(2)13(19)16-9-6-7-9/h8-9,15H,4-7,14H2,1-3H3,(H,16,19). The van der Waals surface area contributed by atoms with E-state index in [0.717, 1.165) is 37.2 Å². The van der Waals surface area contributed by atoms with Crippen molar-refractivity contribution in [3.05, 3.63) is 5.69 Å². The molecule has 0 spiro atoms. The summed E-state index contributed by atoms with van der Waals surface area (Å²) in [6.07, 6.45) is 4.03. The second kappa shape index (κ2) is 5.50. The van der Waals surface area contributed by atoms with E-state index in [-0.39, 0.29) is 11.9 Å². The van der Waals surface area contributed by atoms with E-state index in [2.05, 4.69) is 22.7 Å². The average molecular weight is 265 g/mol. The highest BCUT2D eigenvalue weighted by Gasteiger charge is 2.26. The maximum Gasteiger partial charge on any atom is 0.242 e. The van der Waals surface area contributed by atoms with Crippen molar-refractivity contribution >= 4 is 17.4 Å². The van der Waals surface area contributed by atoms with Gasteiger partial charge in [0.1, 0.15) is 11.9 Å². The zero-order valence-corrected chi connectivity index (χ0v) is 11.9. The molecular formula is C13H23N5O.